The van der Waals surface area contributed by atoms with E-state index in [1.165, 1.54) is 10.8 Å². The number of benzene rings is 1. The van der Waals surface area contributed by atoms with Gasteiger partial charge >= 0.3 is 18.3 Å². The fourth-order valence-electron chi connectivity index (χ4n) is 4.33. The number of nitrogens with zero attached hydrogens (tertiary/aromatic N) is 5. The van der Waals surface area contributed by atoms with E-state index in [1.54, 1.807) is 66.7 Å². The minimum Gasteiger partial charge on any atom is -0.449 e. The third kappa shape index (κ3) is 6.94. The number of hydrogen-bond acceptors (Lipinski definition) is 10. The van der Waals surface area contributed by atoms with Gasteiger partial charge in [-0.15, -0.1) is 0 Å². The molecule has 0 saturated carbocycles. The Morgan fingerprint density at radius 2 is 1.59 bits per heavy atom. The van der Waals surface area contributed by atoms with Gasteiger partial charge in [0.15, 0.2) is 5.82 Å². The second-order valence-corrected chi connectivity index (χ2v) is 11.6. The minimum atomic E-state index is -0.990. The molecule has 0 radical (unpaired) electrons. The van der Waals surface area contributed by atoms with E-state index in [1.807, 2.05) is 17.0 Å². The highest BCUT2D eigenvalue weighted by Crippen LogP contribution is 2.35. The summed E-state index contributed by atoms with van der Waals surface area (Å²) in [5.74, 6) is 0.389. The van der Waals surface area contributed by atoms with Crippen LogP contribution in [0.3, 0.4) is 0 Å². The minimum absolute atomic E-state index is 0.113. The Balaban J connectivity index is 1.99. The molecule has 0 unspecified atom stereocenters. The fraction of sp³-hybridized carbons (Fsp3) is 0.483. The van der Waals surface area contributed by atoms with Crippen LogP contribution in [0.25, 0.3) is 22.3 Å². The van der Waals surface area contributed by atoms with Crippen LogP contribution < -0.4 is 15.1 Å². The number of carbonyl (C=O) groups is 3. The lowest BCUT2D eigenvalue weighted by Gasteiger charge is -2.30. The molecular formula is C29H38N6O6. The zero-order valence-electron chi connectivity index (χ0n) is 24.7. The van der Waals surface area contributed by atoms with Gasteiger partial charge in [-0.1, -0.05) is 18.2 Å². The summed E-state index contributed by atoms with van der Waals surface area (Å²) in [6.07, 6.45) is -1.11. The molecule has 1 aliphatic heterocycles. The van der Waals surface area contributed by atoms with E-state index in [9.17, 15) is 14.4 Å². The first-order valence-corrected chi connectivity index (χ1v) is 13.7. The molecule has 1 saturated heterocycles. The van der Waals surface area contributed by atoms with E-state index < -0.39 is 29.5 Å². The van der Waals surface area contributed by atoms with Gasteiger partial charge < -0.3 is 24.4 Å². The van der Waals surface area contributed by atoms with Crippen LogP contribution in [0.15, 0.2) is 36.5 Å². The first-order chi connectivity index (χ1) is 19.3. The summed E-state index contributed by atoms with van der Waals surface area (Å²) in [5.41, 5.74) is -0.873. The molecule has 3 aromatic rings. The number of para-hydroxylation sites is 1. The third-order valence-electron chi connectivity index (χ3n) is 5.95. The molecule has 1 N–H and O–H groups in total. The maximum Gasteiger partial charge on any atom is 0.425 e. The number of nitrogens with one attached hydrogen (secondary N) is 1. The first-order valence-electron chi connectivity index (χ1n) is 13.7. The molecule has 4 rings (SSSR count). The van der Waals surface area contributed by atoms with Crippen molar-refractivity contribution in [1.82, 2.24) is 19.9 Å². The van der Waals surface area contributed by atoms with Gasteiger partial charge in [-0.05, 0) is 60.6 Å². The maximum absolute atomic E-state index is 13.6. The van der Waals surface area contributed by atoms with Crippen molar-refractivity contribution in [2.24, 2.45) is 0 Å². The number of amides is 2. The lowest BCUT2D eigenvalue weighted by Crippen LogP contribution is -2.45. The maximum atomic E-state index is 13.6. The number of piperazine rings is 1. The van der Waals surface area contributed by atoms with Crippen LogP contribution >= 0.6 is 0 Å². The van der Waals surface area contributed by atoms with Crippen molar-refractivity contribution in [2.45, 2.75) is 59.7 Å². The highest BCUT2D eigenvalue weighted by atomic mass is 16.6. The molecule has 12 heteroatoms. The van der Waals surface area contributed by atoms with Crippen LogP contribution in [-0.2, 0) is 14.2 Å². The molecule has 12 nitrogen and oxygen atoms in total. The van der Waals surface area contributed by atoms with Crippen molar-refractivity contribution in [1.29, 1.82) is 0 Å². The second kappa shape index (κ2) is 11.7. The molecule has 2 aromatic heterocycles. The predicted octanol–water partition coefficient (Wildman–Crippen LogP) is 5.19. The van der Waals surface area contributed by atoms with Crippen LogP contribution in [-0.4, -0.2) is 76.8 Å². The van der Waals surface area contributed by atoms with E-state index in [4.69, 9.17) is 19.2 Å². The average Bonchev–Trinajstić information content (AvgIpc) is 3.27. The molecule has 0 bridgehead atoms. The predicted molar refractivity (Wildman–Crippen MR) is 155 cm³/mol. The van der Waals surface area contributed by atoms with Crippen LogP contribution in [0.4, 0.5) is 26.0 Å². The molecule has 1 aliphatic rings. The molecule has 41 heavy (non-hydrogen) atoms. The number of fused-ring (bicyclic) bond motifs is 1. The second-order valence-electron chi connectivity index (χ2n) is 11.6. The van der Waals surface area contributed by atoms with Gasteiger partial charge in [0.05, 0.1) is 24.0 Å². The number of aromatic nitrogens is 3. The molecule has 220 valence electrons. The van der Waals surface area contributed by atoms with Crippen LogP contribution in [0, 0.1) is 0 Å². The standard InChI is InChI=1S/C29H38N6O6/c1-8-39-25(36)34-20-12-10-9-11-19(20)17-21(34)23-24(31-18-22(32-23)33-15-13-30-14-16-33)35(26(37)40-28(2,3)4)27(38)41-29(5,6)7/h9-12,17-18,30H,8,13-16H2,1-7H3. The lowest BCUT2D eigenvalue weighted by molar-refractivity contribution is 0.0429. The number of hydrogen-bond donors (Lipinski definition) is 1. The summed E-state index contributed by atoms with van der Waals surface area (Å²) in [4.78, 5) is 52.7. The lowest BCUT2D eigenvalue weighted by atomic mass is 10.2. The summed E-state index contributed by atoms with van der Waals surface area (Å²) in [6.45, 7) is 14.9. The fourth-order valence-corrected chi connectivity index (χ4v) is 4.33. The van der Waals surface area contributed by atoms with E-state index in [0.717, 1.165) is 23.4 Å². The van der Waals surface area contributed by atoms with Crippen molar-refractivity contribution < 1.29 is 28.6 Å². The summed E-state index contributed by atoms with van der Waals surface area (Å²) in [5, 5.41) is 4.04. The molecule has 1 fully saturated rings. The third-order valence-corrected chi connectivity index (χ3v) is 5.95. The van der Waals surface area contributed by atoms with Gasteiger partial charge in [-0.25, -0.2) is 28.9 Å². The number of rotatable bonds is 4. The summed E-state index contributed by atoms with van der Waals surface area (Å²) in [7, 11) is 0. The number of ether oxygens (including phenoxy) is 3. The normalized spacial score (nSPS) is 14.1. The number of carbonyl (C=O) groups excluding carboxylic acids is 3. The Hall–Kier alpha value is -4.19. The molecule has 0 aliphatic carbocycles. The Morgan fingerprint density at radius 3 is 2.17 bits per heavy atom. The van der Waals surface area contributed by atoms with E-state index in [0.29, 0.717) is 30.1 Å². The van der Waals surface area contributed by atoms with Crippen LogP contribution in [0.2, 0.25) is 0 Å². The Kier molecular flexibility index (Phi) is 8.52. The van der Waals surface area contributed by atoms with Crippen molar-refractivity contribution in [3.05, 3.63) is 36.5 Å². The molecule has 2 amide bonds. The zero-order chi connectivity index (χ0) is 29.9. The molecular weight excluding hydrogens is 528 g/mol. The number of anilines is 2. The Labute approximate surface area is 239 Å². The van der Waals surface area contributed by atoms with Gasteiger partial charge in [-0.2, -0.15) is 4.90 Å². The smallest absolute Gasteiger partial charge is 0.425 e. The van der Waals surface area contributed by atoms with E-state index in [-0.39, 0.29) is 18.1 Å². The van der Waals surface area contributed by atoms with Crippen molar-refractivity contribution in [3.8, 4) is 11.4 Å². The van der Waals surface area contributed by atoms with Crippen molar-refractivity contribution in [3.63, 3.8) is 0 Å². The van der Waals surface area contributed by atoms with Gasteiger partial charge in [0.2, 0.25) is 0 Å². The Bertz CT molecular complexity index is 1400. The molecule has 1 aromatic carbocycles. The first kappa shape index (κ1) is 29.8. The summed E-state index contributed by atoms with van der Waals surface area (Å²) < 4.78 is 18.0. The van der Waals surface area contributed by atoms with E-state index in [2.05, 4.69) is 10.3 Å². The summed E-state index contributed by atoms with van der Waals surface area (Å²) >= 11 is 0. The van der Waals surface area contributed by atoms with Gasteiger partial charge in [0.1, 0.15) is 22.7 Å². The molecule has 0 spiro atoms. The van der Waals surface area contributed by atoms with Gasteiger partial charge in [0.25, 0.3) is 0 Å². The Morgan fingerprint density at radius 1 is 0.976 bits per heavy atom. The van der Waals surface area contributed by atoms with Crippen LogP contribution in [0.1, 0.15) is 48.5 Å². The highest BCUT2D eigenvalue weighted by Gasteiger charge is 2.37. The summed E-state index contributed by atoms with van der Waals surface area (Å²) in [6, 6.07) is 9.03. The molecule has 3 heterocycles. The highest BCUT2D eigenvalue weighted by molar-refractivity contribution is 6.11. The van der Waals surface area contributed by atoms with Gasteiger partial charge in [0, 0.05) is 31.6 Å². The largest absolute Gasteiger partial charge is 0.449 e. The van der Waals surface area contributed by atoms with Crippen LogP contribution in [0.5, 0.6) is 0 Å². The zero-order valence-corrected chi connectivity index (χ0v) is 24.7. The van der Waals surface area contributed by atoms with Crippen molar-refractivity contribution >= 4 is 40.8 Å². The number of imide groups is 1. The molecule has 0 atom stereocenters. The quantitative estimate of drug-likeness (QED) is 0.421. The average molecular weight is 567 g/mol. The topological polar surface area (TPSA) is 128 Å². The van der Waals surface area contributed by atoms with Gasteiger partial charge in [-0.3, -0.25) is 0 Å². The monoisotopic (exact) mass is 566 g/mol. The SMILES string of the molecule is CCOC(=O)n1c(-c2nc(N3CCNCC3)cnc2N(C(=O)OC(C)(C)C)C(=O)OC(C)(C)C)cc2ccccc21. The van der Waals surface area contributed by atoms with Crippen molar-refractivity contribution in [2.75, 3.05) is 42.6 Å². The van der Waals surface area contributed by atoms with E-state index >= 15 is 0 Å².